The highest BCUT2D eigenvalue weighted by atomic mass is 32.1. The smallest absolute Gasteiger partial charge is 0.338 e. The lowest BCUT2D eigenvalue weighted by Crippen LogP contribution is -2.21. The van der Waals surface area contributed by atoms with Crippen LogP contribution in [0, 0.1) is 5.82 Å². The summed E-state index contributed by atoms with van der Waals surface area (Å²) in [5.41, 5.74) is 1.25. The summed E-state index contributed by atoms with van der Waals surface area (Å²) in [5.74, 6) is -1.78. The minimum Gasteiger partial charge on any atom is -0.478 e. The summed E-state index contributed by atoms with van der Waals surface area (Å²) < 4.78 is 19.0. The van der Waals surface area contributed by atoms with E-state index < -0.39 is 11.9 Å². The zero-order valence-corrected chi connectivity index (χ0v) is 14.1. The van der Waals surface area contributed by atoms with E-state index in [0.717, 1.165) is 0 Å². The van der Waals surface area contributed by atoms with Crippen molar-refractivity contribution in [2.75, 3.05) is 11.9 Å². The van der Waals surface area contributed by atoms with Gasteiger partial charge in [-0.05, 0) is 12.1 Å². The number of aromatic carboxylic acids is 1. The molecule has 0 spiro atoms. The number of halogens is 1. The monoisotopic (exact) mass is 372 g/mol. The second kappa shape index (κ2) is 7.75. The van der Waals surface area contributed by atoms with Crippen molar-refractivity contribution >= 4 is 28.9 Å². The molecule has 2 N–H and O–H groups in total. The molecule has 3 rings (SSSR count). The van der Waals surface area contributed by atoms with Crippen LogP contribution >= 0.6 is 11.3 Å². The predicted molar refractivity (Wildman–Crippen MR) is 95.0 cm³/mol. The molecule has 2 aromatic heterocycles. The van der Waals surface area contributed by atoms with Crippen LogP contribution in [0.5, 0.6) is 5.88 Å². The van der Waals surface area contributed by atoms with Crippen molar-refractivity contribution < 1.29 is 23.8 Å². The minimum atomic E-state index is -1.12. The van der Waals surface area contributed by atoms with E-state index in [4.69, 9.17) is 9.84 Å². The van der Waals surface area contributed by atoms with Gasteiger partial charge in [-0.25, -0.2) is 14.2 Å². The molecule has 0 radical (unpaired) electrons. The maximum atomic E-state index is 13.7. The number of pyridine rings is 1. The molecule has 6 nitrogen and oxygen atoms in total. The Morgan fingerprint density at radius 2 is 2.00 bits per heavy atom. The second-order valence-corrected chi connectivity index (χ2v) is 5.95. The van der Waals surface area contributed by atoms with Crippen LogP contribution in [0.15, 0.2) is 53.4 Å². The number of anilines is 1. The van der Waals surface area contributed by atoms with Crippen LogP contribution in [0.1, 0.15) is 10.4 Å². The van der Waals surface area contributed by atoms with Crippen molar-refractivity contribution in [2.24, 2.45) is 0 Å². The Labute approximate surface area is 151 Å². The highest BCUT2D eigenvalue weighted by Gasteiger charge is 2.14. The van der Waals surface area contributed by atoms with E-state index >= 15 is 0 Å². The van der Waals surface area contributed by atoms with E-state index in [1.54, 1.807) is 24.3 Å². The van der Waals surface area contributed by atoms with E-state index in [1.165, 1.54) is 40.4 Å². The van der Waals surface area contributed by atoms with Gasteiger partial charge in [-0.3, -0.25) is 4.79 Å². The lowest BCUT2D eigenvalue weighted by molar-refractivity contribution is -0.118. The summed E-state index contributed by atoms with van der Waals surface area (Å²) in [6.45, 7) is -0.332. The quantitative estimate of drug-likeness (QED) is 0.689. The van der Waals surface area contributed by atoms with Crippen LogP contribution < -0.4 is 10.1 Å². The topological polar surface area (TPSA) is 88.5 Å². The average molecular weight is 372 g/mol. The Balaban J connectivity index is 1.60. The van der Waals surface area contributed by atoms with Crippen LogP contribution in [-0.4, -0.2) is 28.6 Å². The van der Waals surface area contributed by atoms with Crippen LogP contribution in [0.2, 0.25) is 0 Å². The summed E-state index contributed by atoms with van der Waals surface area (Å²) in [6, 6.07) is 9.50. The fraction of sp³-hybridized carbons (Fsp3) is 0.0556. The Bertz CT molecular complexity index is 940. The first-order valence-corrected chi connectivity index (χ1v) is 8.42. The predicted octanol–water partition coefficient (Wildman–Crippen LogP) is 3.66. The first-order valence-electron chi connectivity index (χ1n) is 7.47. The molecule has 0 atom stereocenters. The summed E-state index contributed by atoms with van der Waals surface area (Å²) in [7, 11) is 0. The number of nitrogens with one attached hydrogen (secondary N) is 1. The molecule has 0 saturated carbocycles. The molecule has 26 heavy (non-hydrogen) atoms. The normalized spacial score (nSPS) is 10.3. The molecule has 3 aromatic rings. The molecule has 0 aliphatic rings. The van der Waals surface area contributed by atoms with Crippen molar-refractivity contribution in [3.8, 4) is 17.0 Å². The standard InChI is InChI=1S/C18H13FN2O4S/c19-14-4-2-1-3-12(14)11-5-6-17(20-7-11)25-8-16(22)21-15-10-26-9-13(15)18(23)24/h1-7,9-10H,8H2,(H,21,22)(H,23,24). The fourth-order valence-electron chi connectivity index (χ4n) is 2.21. The number of hydrogen-bond donors (Lipinski definition) is 2. The molecule has 1 aromatic carbocycles. The minimum absolute atomic E-state index is 0.0238. The highest BCUT2D eigenvalue weighted by Crippen LogP contribution is 2.23. The summed E-state index contributed by atoms with van der Waals surface area (Å²) >= 11 is 1.17. The molecule has 0 saturated heterocycles. The maximum Gasteiger partial charge on any atom is 0.338 e. The number of hydrogen-bond acceptors (Lipinski definition) is 5. The largest absolute Gasteiger partial charge is 0.478 e. The van der Waals surface area contributed by atoms with Gasteiger partial charge < -0.3 is 15.2 Å². The number of ether oxygens (including phenoxy) is 1. The molecule has 8 heteroatoms. The van der Waals surface area contributed by atoms with Crippen molar-refractivity contribution in [2.45, 2.75) is 0 Å². The van der Waals surface area contributed by atoms with Gasteiger partial charge in [-0.15, -0.1) is 11.3 Å². The Kier molecular flexibility index (Phi) is 5.23. The van der Waals surface area contributed by atoms with Gasteiger partial charge in [0.25, 0.3) is 5.91 Å². The van der Waals surface area contributed by atoms with Crippen molar-refractivity contribution in [1.82, 2.24) is 4.98 Å². The SMILES string of the molecule is O=C(COc1ccc(-c2ccccc2F)cn1)Nc1cscc1C(=O)O. The molecule has 0 unspecified atom stereocenters. The van der Waals surface area contributed by atoms with E-state index in [9.17, 15) is 14.0 Å². The van der Waals surface area contributed by atoms with E-state index in [-0.39, 0.29) is 29.6 Å². The van der Waals surface area contributed by atoms with Crippen LogP contribution in [0.4, 0.5) is 10.1 Å². The van der Waals surface area contributed by atoms with Gasteiger partial charge in [0, 0.05) is 34.2 Å². The molecule has 2 heterocycles. The van der Waals surface area contributed by atoms with E-state index in [2.05, 4.69) is 10.3 Å². The van der Waals surface area contributed by atoms with Gasteiger partial charge in [0.2, 0.25) is 5.88 Å². The van der Waals surface area contributed by atoms with Crippen LogP contribution in [0.3, 0.4) is 0 Å². The number of thiophene rings is 1. The lowest BCUT2D eigenvalue weighted by atomic mass is 10.1. The number of carboxylic acids is 1. The number of carbonyl (C=O) groups is 2. The summed E-state index contributed by atoms with van der Waals surface area (Å²) in [6.07, 6.45) is 1.45. The first-order chi connectivity index (χ1) is 12.5. The first kappa shape index (κ1) is 17.6. The van der Waals surface area contributed by atoms with Gasteiger partial charge in [0.05, 0.1) is 11.3 Å². The zero-order chi connectivity index (χ0) is 18.5. The Morgan fingerprint density at radius 1 is 1.19 bits per heavy atom. The molecular formula is C18H13FN2O4S. The van der Waals surface area contributed by atoms with Crippen molar-refractivity contribution in [1.29, 1.82) is 0 Å². The molecule has 0 fully saturated rings. The van der Waals surface area contributed by atoms with Gasteiger partial charge >= 0.3 is 5.97 Å². The second-order valence-electron chi connectivity index (χ2n) is 5.21. The van der Waals surface area contributed by atoms with Gasteiger partial charge in [-0.1, -0.05) is 18.2 Å². The number of rotatable bonds is 6. The molecule has 1 amide bonds. The third-order valence-electron chi connectivity index (χ3n) is 3.44. The average Bonchev–Trinajstić information content (AvgIpc) is 3.09. The molecule has 132 valence electrons. The zero-order valence-electron chi connectivity index (χ0n) is 13.3. The van der Waals surface area contributed by atoms with Gasteiger partial charge in [0.15, 0.2) is 6.61 Å². The number of aromatic nitrogens is 1. The molecule has 0 aliphatic carbocycles. The van der Waals surface area contributed by atoms with Crippen LogP contribution in [0.25, 0.3) is 11.1 Å². The van der Waals surface area contributed by atoms with Crippen molar-refractivity contribution in [3.05, 3.63) is 64.7 Å². The third kappa shape index (κ3) is 4.04. The fourth-order valence-corrected chi connectivity index (χ4v) is 2.96. The molecular weight excluding hydrogens is 359 g/mol. The highest BCUT2D eigenvalue weighted by molar-refractivity contribution is 7.08. The Hall–Kier alpha value is -3.26. The van der Waals surface area contributed by atoms with Gasteiger partial charge in [0.1, 0.15) is 5.82 Å². The molecule has 0 aliphatic heterocycles. The number of benzene rings is 1. The Morgan fingerprint density at radius 3 is 2.69 bits per heavy atom. The van der Waals surface area contributed by atoms with Crippen LogP contribution in [-0.2, 0) is 4.79 Å². The summed E-state index contributed by atoms with van der Waals surface area (Å²) in [4.78, 5) is 26.9. The maximum absolute atomic E-state index is 13.7. The van der Waals surface area contributed by atoms with E-state index in [1.807, 2.05) is 0 Å². The third-order valence-corrected chi connectivity index (χ3v) is 4.18. The number of carboxylic acid groups (broad SMARTS) is 1. The lowest BCUT2D eigenvalue weighted by Gasteiger charge is -2.08. The van der Waals surface area contributed by atoms with E-state index in [0.29, 0.717) is 11.1 Å². The number of amides is 1. The number of nitrogens with zero attached hydrogens (tertiary/aromatic N) is 1. The van der Waals surface area contributed by atoms with Crippen molar-refractivity contribution in [3.63, 3.8) is 0 Å². The number of carbonyl (C=O) groups excluding carboxylic acids is 1. The molecule has 0 bridgehead atoms. The van der Waals surface area contributed by atoms with Gasteiger partial charge in [-0.2, -0.15) is 0 Å². The summed E-state index contributed by atoms with van der Waals surface area (Å²) in [5, 5.41) is 14.4.